The number of rotatable bonds is 11. The number of hydrogen-bond acceptors (Lipinski definition) is 6. The largest absolute Gasteiger partial charge is 0.395 e. The molecule has 2 N–H and O–H groups in total. The Kier molecular flexibility index (Phi) is 7.92. The molecule has 9 nitrogen and oxygen atoms in total. The minimum atomic E-state index is -1.71. The summed E-state index contributed by atoms with van der Waals surface area (Å²) in [4.78, 5) is 29.2. The van der Waals surface area contributed by atoms with Gasteiger partial charge in [0.25, 0.3) is 5.91 Å². The molecule has 6 rings (SSSR count). The van der Waals surface area contributed by atoms with Crippen molar-refractivity contribution in [2.24, 2.45) is 5.92 Å². The SMILES string of the molecule is C[C@@H](/C=C/CCn1cc(C(CO)c2ccccc2)nn1)[C@]1(O)C(=O)N(Cc2cccc(N3CCC3=O)c2)c2ccccc21. The molecule has 220 valence electrons. The molecule has 1 unspecified atom stereocenters. The summed E-state index contributed by atoms with van der Waals surface area (Å²) < 4.78 is 1.74. The molecule has 0 radical (unpaired) electrons. The van der Waals surface area contributed by atoms with Gasteiger partial charge >= 0.3 is 0 Å². The number of carbonyl (C=O) groups is 2. The highest BCUT2D eigenvalue weighted by molar-refractivity contribution is 6.07. The van der Waals surface area contributed by atoms with Crippen molar-refractivity contribution in [1.82, 2.24) is 15.0 Å². The molecule has 0 aliphatic carbocycles. The second-order valence-corrected chi connectivity index (χ2v) is 11.2. The molecular formula is C34H35N5O4. The van der Waals surface area contributed by atoms with Gasteiger partial charge in [0.1, 0.15) is 0 Å². The molecular weight excluding hydrogens is 542 g/mol. The predicted molar refractivity (Wildman–Crippen MR) is 163 cm³/mol. The fourth-order valence-corrected chi connectivity index (χ4v) is 5.94. The lowest BCUT2D eigenvalue weighted by molar-refractivity contribution is -0.139. The summed E-state index contributed by atoms with van der Waals surface area (Å²) in [6.07, 6.45) is 6.86. The van der Waals surface area contributed by atoms with Crippen LogP contribution in [0.25, 0.3) is 0 Å². The van der Waals surface area contributed by atoms with Crippen LogP contribution in [0.5, 0.6) is 0 Å². The first-order chi connectivity index (χ1) is 20.9. The van der Waals surface area contributed by atoms with Crippen molar-refractivity contribution in [2.75, 3.05) is 23.0 Å². The van der Waals surface area contributed by atoms with Gasteiger partial charge in [-0.15, -0.1) is 5.10 Å². The van der Waals surface area contributed by atoms with Gasteiger partial charge in [0.15, 0.2) is 5.60 Å². The summed E-state index contributed by atoms with van der Waals surface area (Å²) in [5.41, 5.74) is 2.96. The quantitative estimate of drug-likeness (QED) is 0.205. The first-order valence-corrected chi connectivity index (χ1v) is 14.7. The number of carbonyl (C=O) groups excluding carboxylic acids is 2. The number of amides is 2. The van der Waals surface area contributed by atoms with Crippen LogP contribution in [0.3, 0.4) is 0 Å². The summed E-state index contributed by atoms with van der Waals surface area (Å²) in [6.45, 7) is 3.34. The first-order valence-electron chi connectivity index (χ1n) is 14.7. The molecule has 1 saturated heterocycles. The number of para-hydroxylation sites is 1. The number of aryl methyl sites for hydroxylation is 1. The lowest BCUT2D eigenvalue weighted by Gasteiger charge is -2.31. The lowest BCUT2D eigenvalue weighted by atomic mass is 9.83. The number of fused-ring (bicyclic) bond motifs is 1. The second-order valence-electron chi connectivity index (χ2n) is 11.2. The van der Waals surface area contributed by atoms with E-state index in [9.17, 15) is 19.8 Å². The van der Waals surface area contributed by atoms with Crippen LogP contribution < -0.4 is 9.80 Å². The summed E-state index contributed by atoms with van der Waals surface area (Å²) in [6, 6.07) is 24.8. The van der Waals surface area contributed by atoms with E-state index in [4.69, 9.17) is 0 Å². The highest BCUT2D eigenvalue weighted by Gasteiger charge is 2.52. The van der Waals surface area contributed by atoms with Crippen molar-refractivity contribution >= 4 is 23.2 Å². The number of hydrogen-bond donors (Lipinski definition) is 2. The minimum Gasteiger partial charge on any atom is -0.395 e. The van der Waals surface area contributed by atoms with Crippen LogP contribution in [-0.4, -0.2) is 50.2 Å². The van der Waals surface area contributed by atoms with Gasteiger partial charge in [0, 0.05) is 42.9 Å². The van der Waals surface area contributed by atoms with Gasteiger partial charge in [0.05, 0.1) is 30.5 Å². The van der Waals surface area contributed by atoms with Crippen LogP contribution in [0.1, 0.15) is 48.1 Å². The van der Waals surface area contributed by atoms with Crippen molar-refractivity contribution in [1.29, 1.82) is 0 Å². The molecule has 0 saturated carbocycles. The minimum absolute atomic E-state index is 0.0607. The summed E-state index contributed by atoms with van der Waals surface area (Å²) in [7, 11) is 0. The average molecular weight is 578 g/mol. The topological polar surface area (TPSA) is 112 Å². The van der Waals surface area contributed by atoms with E-state index in [-0.39, 0.29) is 30.9 Å². The van der Waals surface area contributed by atoms with Gasteiger partial charge in [-0.25, -0.2) is 0 Å². The Morgan fingerprint density at radius 2 is 1.81 bits per heavy atom. The second kappa shape index (κ2) is 11.9. The third-order valence-corrected chi connectivity index (χ3v) is 8.50. The number of aliphatic hydroxyl groups is 2. The maximum Gasteiger partial charge on any atom is 0.264 e. The number of aromatic nitrogens is 3. The van der Waals surface area contributed by atoms with Crippen LogP contribution in [0.15, 0.2) is 97.2 Å². The number of anilines is 2. The zero-order chi connectivity index (χ0) is 30.0. The molecule has 3 atom stereocenters. The predicted octanol–water partition coefficient (Wildman–Crippen LogP) is 4.16. The number of β-lactam (4-membered cyclic amide) rings is 1. The van der Waals surface area contributed by atoms with Gasteiger partial charge in [-0.1, -0.05) is 85.0 Å². The highest BCUT2D eigenvalue weighted by atomic mass is 16.3. The molecule has 0 bridgehead atoms. The lowest BCUT2D eigenvalue weighted by Crippen LogP contribution is -2.44. The zero-order valence-corrected chi connectivity index (χ0v) is 24.1. The van der Waals surface area contributed by atoms with Crippen molar-refractivity contribution in [3.8, 4) is 0 Å². The molecule has 0 spiro atoms. The summed E-state index contributed by atoms with van der Waals surface area (Å²) in [5.74, 6) is -0.995. The number of aliphatic hydroxyl groups excluding tert-OH is 1. The number of allylic oxidation sites excluding steroid dienone is 1. The molecule has 4 aromatic rings. The molecule has 1 aromatic heterocycles. The molecule has 3 heterocycles. The Labute approximate surface area is 250 Å². The number of nitrogens with zero attached hydrogens (tertiary/aromatic N) is 5. The first kappa shape index (κ1) is 28.5. The maximum atomic E-state index is 13.9. The molecule has 2 aliphatic rings. The molecule has 3 aromatic carbocycles. The normalized spacial score (nSPS) is 19.5. The van der Waals surface area contributed by atoms with E-state index in [1.807, 2.05) is 104 Å². The van der Waals surface area contributed by atoms with E-state index in [0.29, 0.717) is 42.9 Å². The molecule has 9 heteroatoms. The van der Waals surface area contributed by atoms with Crippen LogP contribution >= 0.6 is 0 Å². The molecule has 1 fully saturated rings. The fraction of sp³-hybridized carbons (Fsp3) is 0.294. The van der Waals surface area contributed by atoms with Crippen LogP contribution in [0.4, 0.5) is 11.4 Å². The van der Waals surface area contributed by atoms with Crippen LogP contribution in [-0.2, 0) is 28.3 Å². The monoisotopic (exact) mass is 577 g/mol. The van der Waals surface area contributed by atoms with Crippen LogP contribution in [0.2, 0.25) is 0 Å². The molecule has 43 heavy (non-hydrogen) atoms. The van der Waals surface area contributed by atoms with Crippen LogP contribution in [0, 0.1) is 5.92 Å². The summed E-state index contributed by atoms with van der Waals surface area (Å²) in [5, 5.41) is 30.4. The van der Waals surface area contributed by atoms with Crippen molar-refractivity contribution < 1.29 is 19.8 Å². The zero-order valence-electron chi connectivity index (χ0n) is 24.1. The van der Waals surface area contributed by atoms with E-state index in [2.05, 4.69) is 10.3 Å². The Bertz CT molecular complexity index is 1650. The van der Waals surface area contributed by atoms with E-state index in [1.54, 1.807) is 14.5 Å². The van der Waals surface area contributed by atoms with Crippen molar-refractivity contribution in [3.63, 3.8) is 0 Å². The third kappa shape index (κ3) is 5.37. The standard InChI is InChI=1S/C34H35N5O4/c1-24(10-7-8-18-37-22-30(35-36-37)28(23-40)26-12-3-2-4-13-26)34(43)29-15-5-6-16-31(29)39(33(34)42)21-25-11-9-14-27(20-25)38-19-17-32(38)41/h2-7,9-16,20,22,24,28,40,43H,8,17-19,21,23H2,1H3/b10-7+/t24-,28?,34+/m0/s1. The van der Waals surface area contributed by atoms with Crippen molar-refractivity contribution in [3.05, 3.63) is 120 Å². The smallest absolute Gasteiger partial charge is 0.264 e. The third-order valence-electron chi connectivity index (χ3n) is 8.50. The van der Waals surface area contributed by atoms with Gasteiger partial charge in [-0.2, -0.15) is 0 Å². The van der Waals surface area contributed by atoms with Crippen molar-refractivity contribution in [2.45, 2.75) is 44.4 Å². The van der Waals surface area contributed by atoms with E-state index in [1.165, 1.54) is 0 Å². The van der Waals surface area contributed by atoms with E-state index < -0.39 is 11.5 Å². The fourth-order valence-electron chi connectivity index (χ4n) is 5.94. The van der Waals surface area contributed by atoms with Gasteiger partial charge in [0.2, 0.25) is 5.91 Å². The average Bonchev–Trinajstić information content (AvgIpc) is 3.57. The number of benzene rings is 3. The Hall–Kier alpha value is -4.60. The van der Waals surface area contributed by atoms with Gasteiger partial charge in [-0.05, 0) is 35.7 Å². The maximum absolute atomic E-state index is 13.9. The van der Waals surface area contributed by atoms with Gasteiger partial charge < -0.3 is 20.0 Å². The van der Waals surface area contributed by atoms with Gasteiger partial charge in [-0.3, -0.25) is 14.3 Å². The Morgan fingerprint density at radius 3 is 2.56 bits per heavy atom. The molecule has 2 aliphatic heterocycles. The van der Waals surface area contributed by atoms with E-state index in [0.717, 1.165) is 16.8 Å². The van der Waals surface area contributed by atoms with E-state index >= 15 is 0 Å². The Morgan fingerprint density at radius 1 is 1.02 bits per heavy atom. The summed E-state index contributed by atoms with van der Waals surface area (Å²) >= 11 is 0. The highest BCUT2D eigenvalue weighted by Crippen LogP contribution is 2.45. The Balaban J connectivity index is 1.13. The molecule has 2 amide bonds.